The second kappa shape index (κ2) is 10.2. The van der Waals surface area contributed by atoms with Crippen LogP contribution in [-0.2, 0) is 15.5 Å². The SMILES string of the molecule is COCC(CCCN)NCCC(C)S(C)=O. The molecular weight excluding hydrogens is 224 g/mol. The number of rotatable bonds is 10. The van der Waals surface area contributed by atoms with Gasteiger partial charge in [0.25, 0.3) is 0 Å². The molecule has 0 amide bonds. The fourth-order valence-electron chi connectivity index (χ4n) is 1.47. The van der Waals surface area contributed by atoms with Crippen LogP contribution in [0.2, 0.25) is 0 Å². The molecule has 0 aromatic heterocycles. The maximum atomic E-state index is 11.2. The zero-order valence-electron chi connectivity index (χ0n) is 10.7. The van der Waals surface area contributed by atoms with E-state index in [0.717, 1.165) is 32.4 Å². The van der Waals surface area contributed by atoms with E-state index >= 15 is 0 Å². The van der Waals surface area contributed by atoms with Gasteiger partial charge in [-0.2, -0.15) is 0 Å². The van der Waals surface area contributed by atoms with E-state index in [-0.39, 0.29) is 5.25 Å². The lowest BCUT2D eigenvalue weighted by molar-refractivity contribution is 0.161. The average molecular weight is 250 g/mol. The standard InChI is InChI=1S/C11H26N2O2S/c1-10(16(3)14)6-8-13-11(9-15-2)5-4-7-12/h10-11,13H,4-9,12H2,1-3H3. The molecule has 0 aliphatic rings. The third-order valence-electron chi connectivity index (χ3n) is 2.68. The number of nitrogens with two attached hydrogens (primary N) is 1. The Morgan fingerprint density at radius 1 is 1.44 bits per heavy atom. The lowest BCUT2D eigenvalue weighted by Gasteiger charge is -2.18. The van der Waals surface area contributed by atoms with Gasteiger partial charge in [0, 0.05) is 35.5 Å². The number of methoxy groups -OCH3 is 1. The summed E-state index contributed by atoms with van der Waals surface area (Å²) < 4.78 is 16.3. The smallest absolute Gasteiger partial charge is 0.0615 e. The highest BCUT2D eigenvalue weighted by Crippen LogP contribution is 2.00. The van der Waals surface area contributed by atoms with Gasteiger partial charge in [0.1, 0.15) is 0 Å². The molecule has 5 heteroatoms. The molecule has 0 fully saturated rings. The minimum Gasteiger partial charge on any atom is -0.383 e. The second-order valence-corrected chi connectivity index (χ2v) is 5.94. The molecule has 0 radical (unpaired) electrons. The van der Waals surface area contributed by atoms with Gasteiger partial charge in [-0.1, -0.05) is 6.92 Å². The van der Waals surface area contributed by atoms with Gasteiger partial charge in [0.2, 0.25) is 0 Å². The Labute approximate surface area is 102 Å². The molecule has 0 aromatic carbocycles. The van der Waals surface area contributed by atoms with E-state index in [1.807, 2.05) is 6.92 Å². The largest absolute Gasteiger partial charge is 0.383 e. The van der Waals surface area contributed by atoms with Crippen molar-refractivity contribution in [3.63, 3.8) is 0 Å². The molecule has 3 atom stereocenters. The summed E-state index contributed by atoms with van der Waals surface area (Å²) >= 11 is 0. The summed E-state index contributed by atoms with van der Waals surface area (Å²) in [6.07, 6.45) is 4.74. The van der Waals surface area contributed by atoms with E-state index < -0.39 is 10.8 Å². The van der Waals surface area contributed by atoms with E-state index in [4.69, 9.17) is 10.5 Å². The lowest BCUT2D eigenvalue weighted by Crippen LogP contribution is -2.35. The molecule has 0 saturated carbocycles. The zero-order chi connectivity index (χ0) is 12.4. The molecule has 0 aliphatic carbocycles. The molecule has 3 unspecified atom stereocenters. The van der Waals surface area contributed by atoms with E-state index in [1.165, 1.54) is 0 Å². The highest BCUT2D eigenvalue weighted by Gasteiger charge is 2.09. The number of nitrogens with one attached hydrogen (secondary N) is 1. The van der Waals surface area contributed by atoms with Gasteiger partial charge in [0.05, 0.1) is 6.61 Å². The topological polar surface area (TPSA) is 64.3 Å². The Morgan fingerprint density at radius 2 is 2.12 bits per heavy atom. The highest BCUT2D eigenvalue weighted by molar-refractivity contribution is 7.84. The second-order valence-electron chi connectivity index (χ2n) is 4.14. The van der Waals surface area contributed by atoms with Crippen molar-refractivity contribution in [2.45, 2.75) is 37.5 Å². The monoisotopic (exact) mass is 250 g/mol. The van der Waals surface area contributed by atoms with Crippen molar-refractivity contribution < 1.29 is 8.95 Å². The predicted octanol–water partition coefficient (Wildman–Crippen LogP) is 0.487. The maximum Gasteiger partial charge on any atom is 0.0615 e. The van der Waals surface area contributed by atoms with Crippen LogP contribution < -0.4 is 11.1 Å². The quantitative estimate of drug-likeness (QED) is 0.592. The third kappa shape index (κ3) is 8.21. The van der Waals surface area contributed by atoms with Gasteiger partial charge in [-0.05, 0) is 32.4 Å². The summed E-state index contributed by atoms with van der Waals surface area (Å²) in [5, 5.41) is 3.68. The predicted molar refractivity (Wildman–Crippen MR) is 70.1 cm³/mol. The first-order valence-electron chi connectivity index (χ1n) is 5.86. The van der Waals surface area contributed by atoms with Crippen molar-refractivity contribution in [3.05, 3.63) is 0 Å². The van der Waals surface area contributed by atoms with Gasteiger partial charge in [-0.3, -0.25) is 4.21 Å². The lowest BCUT2D eigenvalue weighted by atomic mass is 10.1. The minimum atomic E-state index is -0.725. The number of hydrogen-bond donors (Lipinski definition) is 2. The Hall–Kier alpha value is 0.0300. The first-order chi connectivity index (χ1) is 7.61. The van der Waals surface area contributed by atoms with Crippen LogP contribution in [0.4, 0.5) is 0 Å². The Morgan fingerprint density at radius 3 is 2.62 bits per heavy atom. The fraction of sp³-hybridized carbons (Fsp3) is 1.00. The van der Waals surface area contributed by atoms with Crippen molar-refractivity contribution >= 4 is 10.8 Å². The van der Waals surface area contributed by atoms with Crippen LogP contribution in [0.15, 0.2) is 0 Å². The minimum absolute atomic E-state index is 0.255. The molecule has 0 rings (SSSR count). The van der Waals surface area contributed by atoms with Crippen LogP contribution in [0, 0.1) is 0 Å². The molecule has 3 N–H and O–H groups in total. The van der Waals surface area contributed by atoms with E-state index in [2.05, 4.69) is 5.32 Å². The maximum absolute atomic E-state index is 11.2. The van der Waals surface area contributed by atoms with Gasteiger partial charge in [-0.15, -0.1) is 0 Å². The third-order valence-corrected chi connectivity index (χ3v) is 4.04. The molecule has 4 nitrogen and oxygen atoms in total. The van der Waals surface area contributed by atoms with Crippen LogP contribution in [-0.4, -0.2) is 48.6 Å². The summed E-state index contributed by atoms with van der Waals surface area (Å²) in [7, 11) is 0.984. The van der Waals surface area contributed by atoms with E-state index in [0.29, 0.717) is 12.6 Å². The van der Waals surface area contributed by atoms with Crippen LogP contribution in [0.3, 0.4) is 0 Å². The molecule has 0 heterocycles. The number of ether oxygens (including phenoxy) is 1. The Bertz CT molecular complexity index is 191. The summed E-state index contributed by atoms with van der Waals surface area (Å²) in [5.74, 6) is 0. The molecule has 0 bridgehead atoms. The highest BCUT2D eigenvalue weighted by atomic mass is 32.2. The van der Waals surface area contributed by atoms with Crippen LogP contribution in [0.25, 0.3) is 0 Å². The van der Waals surface area contributed by atoms with Crippen LogP contribution in [0.1, 0.15) is 26.2 Å². The molecule has 0 aromatic rings. The molecule has 16 heavy (non-hydrogen) atoms. The Kier molecular flexibility index (Phi) is 10.2. The first-order valence-corrected chi connectivity index (χ1v) is 7.48. The van der Waals surface area contributed by atoms with Gasteiger partial charge in [-0.25, -0.2) is 0 Å². The first kappa shape index (κ1) is 16.0. The Balaban J connectivity index is 3.70. The van der Waals surface area contributed by atoms with Gasteiger partial charge < -0.3 is 15.8 Å². The molecular formula is C11H26N2O2S. The zero-order valence-corrected chi connectivity index (χ0v) is 11.5. The summed E-state index contributed by atoms with van der Waals surface area (Å²) in [6, 6.07) is 0.367. The molecule has 0 spiro atoms. The fourth-order valence-corrected chi connectivity index (χ4v) is 1.92. The van der Waals surface area contributed by atoms with Crippen molar-refractivity contribution in [1.29, 1.82) is 0 Å². The van der Waals surface area contributed by atoms with Gasteiger partial charge in [0.15, 0.2) is 0 Å². The van der Waals surface area contributed by atoms with E-state index in [1.54, 1.807) is 13.4 Å². The van der Waals surface area contributed by atoms with Crippen molar-refractivity contribution in [1.82, 2.24) is 5.32 Å². The van der Waals surface area contributed by atoms with E-state index in [9.17, 15) is 4.21 Å². The molecule has 98 valence electrons. The summed E-state index contributed by atoms with van der Waals surface area (Å²) in [6.45, 7) is 4.34. The molecule has 0 aliphatic heterocycles. The molecule has 0 saturated heterocycles. The van der Waals surface area contributed by atoms with Crippen LogP contribution >= 0.6 is 0 Å². The summed E-state index contributed by atoms with van der Waals surface area (Å²) in [4.78, 5) is 0. The van der Waals surface area contributed by atoms with Crippen molar-refractivity contribution in [2.75, 3.05) is 33.1 Å². The van der Waals surface area contributed by atoms with Crippen molar-refractivity contribution in [3.8, 4) is 0 Å². The normalized spacial score (nSPS) is 17.0. The van der Waals surface area contributed by atoms with Crippen molar-refractivity contribution in [2.24, 2.45) is 5.73 Å². The average Bonchev–Trinajstić information content (AvgIpc) is 2.25. The summed E-state index contributed by atoms with van der Waals surface area (Å²) in [5.41, 5.74) is 5.48. The number of hydrogen-bond acceptors (Lipinski definition) is 4. The van der Waals surface area contributed by atoms with Gasteiger partial charge >= 0.3 is 0 Å². The van der Waals surface area contributed by atoms with Crippen LogP contribution in [0.5, 0.6) is 0 Å².